The summed E-state index contributed by atoms with van der Waals surface area (Å²) in [6.07, 6.45) is 3.64. The molecule has 4 nitrogen and oxygen atoms in total. The molecule has 0 aromatic carbocycles. The van der Waals surface area contributed by atoms with Gasteiger partial charge in [0.2, 0.25) is 0 Å². The number of rotatable bonds is 1. The van der Waals surface area contributed by atoms with Crippen LogP contribution < -0.4 is 10.9 Å². The van der Waals surface area contributed by atoms with Crippen molar-refractivity contribution in [3.05, 3.63) is 0 Å². The molecule has 0 bridgehead atoms. The minimum atomic E-state index is -0.194. The molecule has 110 valence electrons. The van der Waals surface area contributed by atoms with Gasteiger partial charge >= 0.3 is 7.12 Å². The van der Waals surface area contributed by atoms with Gasteiger partial charge in [0.25, 0.3) is 0 Å². The molecule has 3 fully saturated rings. The molecule has 2 heterocycles. The van der Waals surface area contributed by atoms with Crippen LogP contribution in [0.25, 0.3) is 0 Å². The largest absolute Gasteiger partial charge is 0.461 e. The topological polar surface area (TPSA) is 42.5 Å². The Kier molecular flexibility index (Phi) is 4.26. The van der Waals surface area contributed by atoms with Gasteiger partial charge in [-0.2, -0.15) is 0 Å². The number of halogens is 1. The van der Waals surface area contributed by atoms with E-state index in [4.69, 9.17) is 9.31 Å². The van der Waals surface area contributed by atoms with Crippen molar-refractivity contribution in [2.24, 2.45) is 5.92 Å². The van der Waals surface area contributed by atoms with Gasteiger partial charge in [0, 0.05) is 12.6 Å². The highest BCUT2D eigenvalue weighted by Crippen LogP contribution is 2.45. The zero-order chi connectivity index (χ0) is 13.0. The molecule has 0 aromatic rings. The van der Waals surface area contributed by atoms with E-state index in [1.807, 2.05) is 0 Å². The van der Waals surface area contributed by atoms with Crippen LogP contribution in [-0.2, 0) is 9.31 Å². The van der Waals surface area contributed by atoms with E-state index in [1.165, 1.54) is 19.3 Å². The van der Waals surface area contributed by atoms with E-state index in [1.54, 1.807) is 0 Å². The Hall–Kier alpha value is 0.195. The summed E-state index contributed by atoms with van der Waals surface area (Å²) in [5, 5.41) is 0. The Balaban J connectivity index is 0.00000133. The summed E-state index contributed by atoms with van der Waals surface area (Å²) in [6.45, 7) is 9.63. The van der Waals surface area contributed by atoms with Crippen LogP contribution in [0.1, 0.15) is 47.0 Å². The van der Waals surface area contributed by atoms with Gasteiger partial charge in [-0.15, -0.1) is 12.4 Å². The normalized spacial score (nSPS) is 39.8. The van der Waals surface area contributed by atoms with Crippen molar-refractivity contribution in [2.75, 3.05) is 6.54 Å². The van der Waals surface area contributed by atoms with E-state index >= 15 is 0 Å². The van der Waals surface area contributed by atoms with Crippen LogP contribution >= 0.6 is 12.4 Å². The fourth-order valence-electron chi connectivity index (χ4n) is 3.37. The van der Waals surface area contributed by atoms with Crippen molar-refractivity contribution < 1.29 is 9.31 Å². The minimum Gasteiger partial charge on any atom is -0.403 e. The first-order chi connectivity index (χ1) is 8.39. The number of hydrazine groups is 1. The first-order valence-electron chi connectivity index (χ1n) is 7.23. The lowest BCUT2D eigenvalue weighted by Crippen LogP contribution is -2.41. The van der Waals surface area contributed by atoms with Crippen LogP contribution in [-0.4, -0.2) is 30.9 Å². The third-order valence-electron chi connectivity index (χ3n) is 5.33. The summed E-state index contributed by atoms with van der Waals surface area (Å²) in [4.78, 5) is 0. The number of fused-ring (bicyclic) bond motifs is 1. The molecule has 0 amide bonds. The van der Waals surface area contributed by atoms with Crippen molar-refractivity contribution >= 4 is 19.5 Å². The van der Waals surface area contributed by atoms with E-state index in [9.17, 15) is 0 Å². The molecule has 2 saturated heterocycles. The third-order valence-corrected chi connectivity index (χ3v) is 5.33. The number of hydrogen-bond acceptors (Lipinski definition) is 4. The summed E-state index contributed by atoms with van der Waals surface area (Å²) in [6, 6.07) is 0.656. The molecule has 3 unspecified atom stereocenters. The quantitative estimate of drug-likeness (QED) is 0.726. The van der Waals surface area contributed by atoms with Crippen molar-refractivity contribution in [3.63, 3.8) is 0 Å². The highest BCUT2D eigenvalue weighted by Gasteiger charge is 2.54. The molecule has 2 aliphatic heterocycles. The van der Waals surface area contributed by atoms with Crippen LogP contribution in [0.2, 0.25) is 5.82 Å². The van der Waals surface area contributed by atoms with Gasteiger partial charge in [0.15, 0.2) is 0 Å². The third kappa shape index (κ3) is 2.68. The Morgan fingerprint density at radius 3 is 2.32 bits per heavy atom. The summed E-state index contributed by atoms with van der Waals surface area (Å²) < 4.78 is 12.4. The molecule has 0 spiro atoms. The van der Waals surface area contributed by atoms with Crippen LogP contribution in [0.4, 0.5) is 0 Å². The van der Waals surface area contributed by atoms with Gasteiger partial charge in [-0.3, -0.25) is 10.9 Å². The fourth-order valence-corrected chi connectivity index (χ4v) is 3.37. The second-order valence-electron chi connectivity index (χ2n) is 7.09. The molecule has 6 heteroatoms. The summed E-state index contributed by atoms with van der Waals surface area (Å²) >= 11 is 0. The van der Waals surface area contributed by atoms with Crippen molar-refractivity contribution in [1.29, 1.82) is 0 Å². The maximum absolute atomic E-state index is 6.19. The molecule has 1 saturated carbocycles. The minimum absolute atomic E-state index is 0. The van der Waals surface area contributed by atoms with Crippen molar-refractivity contribution in [1.82, 2.24) is 10.9 Å². The molecule has 3 aliphatic rings. The van der Waals surface area contributed by atoms with E-state index in [0.717, 1.165) is 12.5 Å². The SMILES string of the molecule is CC1(C)OB(C2CCC3NNCC3C2)OC1(C)C.Cl. The fraction of sp³-hybridized carbons (Fsp3) is 1.00. The van der Waals surface area contributed by atoms with E-state index in [2.05, 4.69) is 38.5 Å². The first-order valence-corrected chi connectivity index (χ1v) is 7.23. The monoisotopic (exact) mass is 288 g/mol. The van der Waals surface area contributed by atoms with E-state index in [0.29, 0.717) is 11.9 Å². The van der Waals surface area contributed by atoms with Crippen LogP contribution in [0.3, 0.4) is 0 Å². The van der Waals surface area contributed by atoms with E-state index < -0.39 is 0 Å². The van der Waals surface area contributed by atoms with Gasteiger partial charge < -0.3 is 9.31 Å². The second-order valence-corrected chi connectivity index (χ2v) is 7.09. The lowest BCUT2D eigenvalue weighted by atomic mass is 9.61. The lowest BCUT2D eigenvalue weighted by Gasteiger charge is -2.32. The molecular formula is C13H26BClN2O2. The van der Waals surface area contributed by atoms with Gasteiger partial charge in [0.05, 0.1) is 11.2 Å². The first kappa shape index (κ1) is 15.6. The second kappa shape index (κ2) is 5.19. The zero-order valence-corrected chi connectivity index (χ0v) is 13.2. The standard InChI is InChI=1S/C13H25BN2O2.ClH/c1-12(2)13(3,4)18-14(17-12)10-5-6-11-9(7-10)8-15-16-11;/h9-11,15-16H,5-8H2,1-4H3;1H. The molecule has 0 radical (unpaired) electrons. The highest BCUT2D eigenvalue weighted by molar-refractivity contribution is 6.47. The molecule has 0 aromatic heterocycles. The van der Waals surface area contributed by atoms with Crippen LogP contribution in [0.5, 0.6) is 0 Å². The van der Waals surface area contributed by atoms with Gasteiger partial charge in [-0.25, -0.2) is 0 Å². The number of hydrogen-bond donors (Lipinski definition) is 2. The summed E-state index contributed by atoms with van der Waals surface area (Å²) in [7, 11) is -0.0171. The average Bonchev–Trinajstić information content (AvgIpc) is 2.80. The molecule has 3 rings (SSSR count). The van der Waals surface area contributed by atoms with Crippen molar-refractivity contribution in [3.8, 4) is 0 Å². The highest BCUT2D eigenvalue weighted by atomic mass is 35.5. The van der Waals surface area contributed by atoms with Crippen LogP contribution in [0.15, 0.2) is 0 Å². The maximum Gasteiger partial charge on any atom is 0.461 e. The molecule has 19 heavy (non-hydrogen) atoms. The zero-order valence-electron chi connectivity index (χ0n) is 12.4. The molecule has 1 aliphatic carbocycles. The average molecular weight is 289 g/mol. The molecular weight excluding hydrogens is 262 g/mol. The predicted molar refractivity (Wildman–Crippen MR) is 79.3 cm³/mol. The van der Waals surface area contributed by atoms with Gasteiger partial charge in [-0.05, 0) is 52.3 Å². The summed E-state index contributed by atoms with van der Waals surface area (Å²) in [5.41, 5.74) is 6.26. The maximum atomic E-state index is 6.19. The smallest absolute Gasteiger partial charge is 0.403 e. The van der Waals surface area contributed by atoms with Crippen molar-refractivity contribution in [2.45, 2.75) is 70.0 Å². The Morgan fingerprint density at radius 1 is 1.05 bits per heavy atom. The van der Waals surface area contributed by atoms with Crippen LogP contribution in [0, 0.1) is 5.92 Å². The van der Waals surface area contributed by atoms with E-state index in [-0.39, 0.29) is 30.7 Å². The molecule has 3 atom stereocenters. The molecule has 2 N–H and O–H groups in total. The summed E-state index contributed by atoms with van der Waals surface area (Å²) in [5.74, 6) is 1.29. The van der Waals surface area contributed by atoms with Gasteiger partial charge in [0.1, 0.15) is 0 Å². The Bertz CT molecular complexity index is 325. The lowest BCUT2D eigenvalue weighted by molar-refractivity contribution is 0.00578. The van der Waals surface area contributed by atoms with Gasteiger partial charge in [-0.1, -0.05) is 6.42 Å². The Morgan fingerprint density at radius 2 is 1.68 bits per heavy atom. The number of nitrogens with one attached hydrogen (secondary N) is 2. The predicted octanol–water partition coefficient (Wildman–Crippen LogP) is 2.15. The Labute approximate surface area is 122 Å².